The lowest BCUT2D eigenvalue weighted by atomic mass is 10.0. The van der Waals surface area contributed by atoms with E-state index in [2.05, 4.69) is 13.8 Å². The Morgan fingerprint density at radius 1 is 0.926 bits per heavy atom. The third-order valence-corrected chi connectivity index (χ3v) is 4.40. The van der Waals surface area contributed by atoms with Crippen LogP contribution < -0.4 is 0 Å². The quantitative estimate of drug-likeness (QED) is 0.382. The van der Waals surface area contributed by atoms with E-state index >= 15 is 0 Å². The largest absolute Gasteiger partial charge is 0.508 e. The number of carbonyl (C=O) groups is 1. The van der Waals surface area contributed by atoms with Crippen molar-refractivity contribution in [1.29, 1.82) is 0 Å². The van der Waals surface area contributed by atoms with Gasteiger partial charge in [0.1, 0.15) is 5.75 Å². The number of benzene rings is 1. The molecule has 0 fully saturated rings. The zero-order valence-corrected chi connectivity index (χ0v) is 17.1. The van der Waals surface area contributed by atoms with Gasteiger partial charge in [-0.2, -0.15) is 0 Å². The van der Waals surface area contributed by atoms with E-state index in [-0.39, 0.29) is 11.3 Å². The lowest BCUT2D eigenvalue weighted by Crippen LogP contribution is -2.25. The van der Waals surface area contributed by atoms with Gasteiger partial charge in [0.05, 0.1) is 17.8 Å². The number of hydrogen-bond acceptors (Lipinski definition) is 4. The molecule has 1 aromatic rings. The standard InChI is InChI=1S/C15H32O2.C7H6O3/c1-4-10-14(16)15(17)12-9-7-5-6-8-11-13(2)3;8-6-3-1-2-5(4-6)7(9)10/h13-17H,4-12H2,1-3H3;1-4,8H,(H,9,10). The summed E-state index contributed by atoms with van der Waals surface area (Å²) in [6.45, 7) is 6.57. The van der Waals surface area contributed by atoms with Gasteiger partial charge in [0, 0.05) is 0 Å². The summed E-state index contributed by atoms with van der Waals surface area (Å²) in [5.41, 5.74) is 0.0972. The molecule has 0 radical (unpaired) electrons. The maximum absolute atomic E-state index is 10.2. The highest BCUT2D eigenvalue weighted by Gasteiger charge is 2.14. The fourth-order valence-electron chi connectivity index (χ4n) is 2.76. The molecule has 0 spiro atoms. The van der Waals surface area contributed by atoms with Crippen molar-refractivity contribution in [2.75, 3.05) is 0 Å². The summed E-state index contributed by atoms with van der Waals surface area (Å²) >= 11 is 0. The maximum Gasteiger partial charge on any atom is 0.335 e. The molecule has 1 rings (SSSR count). The van der Waals surface area contributed by atoms with Gasteiger partial charge in [-0.15, -0.1) is 0 Å². The average Bonchev–Trinajstić information content (AvgIpc) is 2.61. The normalized spacial score (nSPS) is 13.0. The Balaban J connectivity index is 0.000000569. The third kappa shape index (κ3) is 14.2. The molecule has 0 aliphatic heterocycles. The Labute approximate surface area is 164 Å². The average molecular weight is 383 g/mol. The zero-order valence-electron chi connectivity index (χ0n) is 17.1. The van der Waals surface area contributed by atoms with Crippen molar-refractivity contribution >= 4 is 5.97 Å². The molecule has 1 aromatic carbocycles. The van der Waals surface area contributed by atoms with E-state index in [4.69, 9.17) is 10.2 Å². The van der Waals surface area contributed by atoms with Gasteiger partial charge in [0.2, 0.25) is 0 Å². The van der Waals surface area contributed by atoms with Crippen molar-refractivity contribution in [2.45, 2.75) is 90.8 Å². The SMILES string of the molecule is CCCC(O)C(O)CCCCCCCC(C)C.O=C(O)c1cccc(O)c1. The molecule has 27 heavy (non-hydrogen) atoms. The van der Waals surface area contributed by atoms with Crippen LogP contribution in [0.1, 0.15) is 88.9 Å². The summed E-state index contributed by atoms with van der Waals surface area (Å²) < 4.78 is 0. The highest BCUT2D eigenvalue weighted by molar-refractivity contribution is 5.87. The second-order valence-electron chi connectivity index (χ2n) is 7.52. The molecule has 0 heterocycles. The van der Waals surface area contributed by atoms with Crippen LogP contribution in [0.15, 0.2) is 24.3 Å². The summed E-state index contributed by atoms with van der Waals surface area (Å²) in [7, 11) is 0. The Kier molecular flexibility index (Phi) is 14.6. The van der Waals surface area contributed by atoms with Gasteiger partial charge in [-0.3, -0.25) is 0 Å². The first-order valence-electron chi connectivity index (χ1n) is 10.2. The van der Waals surface area contributed by atoms with Crippen molar-refractivity contribution in [3.05, 3.63) is 29.8 Å². The lowest BCUT2D eigenvalue weighted by Gasteiger charge is -2.16. The van der Waals surface area contributed by atoms with E-state index < -0.39 is 18.2 Å². The first kappa shape index (κ1) is 25.4. The molecule has 2 unspecified atom stereocenters. The molecule has 0 aliphatic rings. The number of aromatic carboxylic acids is 1. The molecule has 2 atom stereocenters. The van der Waals surface area contributed by atoms with Gasteiger partial charge in [-0.05, 0) is 37.0 Å². The topological polar surface area (TPSA) is 98.0 Å². The molecule has 0 bridgehead atoms. The molecular formula is C22H38O5. The molecule has 156 valence electrons. The van der Waals surface area contributed by atoms with Crippen LogP contribution in [0.25, 0.3) is 0 Å². The smallest absolute Gasteiger partial charge is 0.335 e. The minimum absolute atomic E-state index is 0.0279. The van der Waals surface area contributed by atoms with Gasteiger partial charge in [-0.25, -0.2) is 4.79 Å². The minimum atomic E-state index is -1.03. The summed E-state index contributed by atoms with van der Waals surface area (Å²) in [6.07, 6.45) is 8.86. The van der Waals surface area contributed by atoms with Crippen LogP contribution in [0.3, 0.4) is 0 Å². The molecule has 5 heteroatoms. The van der Waals surface area contributed by atoms with Crippen molar-refractivity contribution in [3.8, 4) is 5.75 Å². The van der Waals surface area contributed by atoms with E-state index in [1.54, 1.807) is 0 Å². The molecule has 0 aromatic heterocycles. The van der Waals surface area contributed by atoms with Crippen LogP contribution in [0, 0.1) is 5.92 Å². The summed E-state index contributed by atoms with van der Waals surface area (Å²) in [6, 6.07) is 5.52. The lowest BCUT2D eigenvalue weighted by molar-refractivity contribution is 0.00816. The number of unbranched alkanes of at least 4 members (excludes halogenated alkanes) is 4. The number of aliphatic hydroxyl groups excluding tert-OH is 2. The van der Waals surface area contributed by atoms with Gasteiger partial charge >= 0.3 is 5.97 Å². The number of phenols is 1. The third-order valence-electron chi connectivity index (χ3n) is 4.40. The molecular weight excluding hydrogens is 344 g/mol. The van der Waals surface area contributed by atoms with Crippen molar-refractivity contribution in [2.24, 2.45) is 5.92 Å². The van der Waals surface area contributed by atoms with Crippen LogP contribution in [0.2, 0.25) is 0 Å². The molecule has 0 amide bonds. The number of aliphatic hydroxyl groups is 2. The predicted molar refractivity (Wildman–Crippen MR) is 109 cm³/mol. The van der Waals surface area contributed by atoms with Crippen LogP contribution in [-0.4, -0.2) is 38.6 Å². The monoisotopic (exact) mass is 382 g/mol. The summed E-state index contributed by atoms with van der Waals surface area (Å²) in [5, 5.41) is 36.4. The highest BCUT2D eigenvalue weighted by Crippen LogP contribution is 2.14. The van der Waals surface area contributed by atoms with E-state index in [1.165, 1.54) is 56.4 Å². The van der Waals surface area contributed by atoms with Crippen LogP contribution in [-0.2, 0) is 0 Å². The van der Waals surface area contributed by atoms with E-state index in [0.717, 1.165) is 31.6 Å². The van der Waals surface area contributed by atoms with Crippen LogP contribution in [0.5, 0.6) is 5.75 Å². The van der Waals surface area contributed by atoms with E-state index in [0.29, 0.717) is 0 Å². The van der Waals surface area contributed by atoms with Gasteiger partial charge < -0.3 is 20.4 Å². The molecule has 5 nitrogen and oxygen atoms in total. The predicted octanol–water partition coefficient (Wildman–Crippen LogP) is 4.99. The fraction of sp³-hybridized carbons (Fsp3) is 0.682. The van der Waals surface area contributed by atoms with E-state index in [1.807, 2.05) is 6.92 Å². The number of phenolic OH excluding ortho intramolecular Hbond substituents is 1. The zero-order chi connectivity index (χ0) is 20.7. The Morgan fingerprint density at radius 2 is 1.48 bits per heavy atom. The number of rotatable bonds is 12. The van der Waals surface area contributed by atoms with Gasteiger partial charge in [-0.1, -0.05) is 71.8 Å². The minimum Gasteiger partial charge on any atom is -0.508 e. The number of carboxylic acid groups (broad SMARTS) is 1. The summed E-state index contributed by atoms with van der Waals surface area (Å²) in [4.78, 5) is 10.2. The van der Waals surface area contributed by atoms with E-state index in [9.17, 15) is 15.0 Å². The fourth-order valence-corrected chi connectivity index (χ4v) is 2.76. The second kappa shape index (κ2) is 15.5. The number of hydrogen-bond donors (Lipinski definition) is 4. The number of carboxylic acids is 1. The van der Waals surface area contributed by atoms with Gasteiger partial charge in [0.15, 0.2) is 0 Å². The Hall–Kier alpha value is -1.59. The van der Waals surface area contributed by atoms with Crippen LogP contribution in [0.4, 0.5) is 0 Å². The molecule has 0 saturated heterocycles. The molecule has 4 N–H and O–H groups in total. The van der Waals surface area contributed by atoms with Crippen molar-refractivity contribution < 1.29 is 25.2 Å². The first-order chi connectivity index (χ1) is 12.8. The number of aromatic hydroxyl groups is 1. The van der Waals surface area contributed by atoms with Crippen LogP contribution >= 0.6 is 0 Å². The first-order valence-corrected chi connectivity index (χ1v) is 10.2. The highest BCUT2D eigenvalue weighted by atomic mass is 16.4. The summed E-state index contributed by atoms with van der Waals surface area (Å²) in [5.74, 6) is -0.239. The molecule has 0 saturated carbocycles. The molecule has 0 aliphatic carbocycles. The Morgan fingerprint density at radius 3 is 1.96 bits per heavy atom. The van der Waals surface area contributed by atoms with Gasteiger partial charge in [0.25, 0.3) is 0 Å². The Bertz CT molecular complexity index is 501. The maximum atomic E-state index is 10.2. The van der Waals surface area contributed by atoms with Crippen molar-refractivity contribution in [3.63, 3.8) is 0 Å². The van der Waals surface area contributed by atoms with Crippen molar-refractivity contribution in [1.82, 2.24) is 0 Å². The second-order valence-corrected chi connectivity index (χ2v) is 7.52.